The van der Waals surface area contributed by atoms with Crippen molar-refractivity contribution < 1.29 is 0 Å². The fourth-order valence-electron chi connectivity index (χ4n) is 2.55. The van der Waals surface area contributed by atoms with E-state index in [1.165, 1.54) is 0 Å². The SMILES string of the molecule is C#CCn1c(CC)nc(-c2cncc3ccccc23)c1N. The lowest BCUT2D eigenvalue weighted by atomic mass is 10.1. The summed E-state index contributed by atoms with van der Waals surface area (Å²) >= 11 is 0. The van der Waals surface area contributed by atoms with E-state index in [1.807, 2.05) is 35.9 Å². The van der Waals surface area contributed by atoms with Crippen molar-refractivity contribution in [3.8, 4) is 23.6 Å². The number of benzene rings is 1. The molecule has 0 atom stereocenters. The highest BCUT2D eigenvalue weighted by Gasteiger charge is 2.16. The number of hydrogen-bond donors (Lipinski definition) is 1. The molecule has 2 aromatic heterocycles. The first-order valence-corrected chi connectivity index (χ1v) is 6.87. The van der Waals surface area contributed by atoms with Crippen molar-refractivity contribution >= 4 is 16.6 Å². The molecule has 104 valence electrons. The van der Waals surface area contributed by atoms with Crippen molar-refractivity contribution in [3.63, 3.8) is 0 Å². The normalized spacial score (nSPS) is 10.7. The fraction of sp³-hybridized carbons (Fsp3) is 0.176. The zero-order chi connectivity index (χ0) is 14.8. The van der Waals surface area contributed by atoms with Crippen LogP contribution in [0.1, 0.15) is 12.7 Å². The Morgan fingerprint density at radius 1 is 1.29 bits per heavy atom. The predicted octanol–water partition coefficient (Wildman–Crippen LogP) is 2.88. The minimum Gasteiger partial charge on any atom is -0.383 e. The summed E-state index contributed by atoms with van der Waals surface area (Å²) in [5.41, 5.74) is 7.96. The number of anilines is 1. The van der Waals surface area contributed by atoms with Crippen LogP contribution in [0.4, 0.5) is 5.82 Å². The van der Waals surface area contributed by atoms with E-state index in [-0.39, 0.29) is 0 Å². The number of fused-ring (bicyclic) bond motifs is 1. The van der Waals surface area contributed by atoms with E-state index in [9.17, 15) is 0 Å². The van der Waals surface area contributed by atoms with Crippen LogP contribution in [0.5, 0.6) is 0 Å². The van der Waals surface area contributed by atoms with Crippen LogP contribution in [0, 0.1) is 12.3 Å². The first-order valence-electron chi connectivity index (χ1n) is 6.87. The molecule has 21 heavy (non-hydrogen) atoms. The summed E-state index contributed by atoms with van der Waals surface area (Å²) in [6, 6.07) is 8.07. The second-order valence-electron chi connectivity index (χ2n) is 4.81. The average Bonchev–Trinajstić information content (AvgIpc) is 2.84. The molecule has 0 saturated carbocycles. The Morgan fingerprint density at radius 3 is 2.86 bits per heavy atom. The van der Waals surface area contributed by atoms with Crippen LogP contribution >= 0.6 is 0 Å². The van der Waals surface area contributed by atoms with Gasteiger partial charge in [0.1, 0.15) is 17.3 Å². The van der Waals surface area contributed by atoms with Gasteiger partial charge in [0.25, 0.3) is 0 Å². The minimum absolute atomic E-state index is 0.431. The lowest BCUT2D eigenvalue weighted by molar-refractivity contribution is 0.769. The van der Waals surface area contributed by atoms with Gasteiger partial charge < -0.3 is 10.3 Å². The molecule has 0 amide bonds. The number of nitrogens with zero attached hydrogens (tertiary/aromatic N) is 3. The minimum atomic E-state index is 0.431. The van der Waals surface area contributed by atoms with Crippen LogP contribution in [-0.2, 0) is 13.0 Å². The largest absolute Gasteiger partial charge is 0.383 e. The molecule has 2 heterocycles. The van der Waals surface area contributed by atoms with Gasteiger partial charge in [0.2, 0.25) is 0 Å². The van der Waals surface area contributed by atoms with Crippen LogP contribution in [0.3, 0.4) is 0 Å². The molecule has 0 radical (unpaired) electrons. The summed E-state index contributed by atoms with van der Waals surface area (Å²) in [6.45, 7) is 2.47. The summed E-state index contributed by atoms with van der Waals surface area (Å²) < 4.78 is 1.89. The molecule has 0 aliphatic carbocycles. The standard InChI is InChI=1S/C17H16N4/c1-3-9-21-15(4-2)20-16(17(21)18)14-11-19-10-12-7-5-6-8-13(12)14/h1,5-8,10-11H,4,9,18H2,2H3. The highest BCUT2D eigenvalue weighted by Crippen LogP contribution is 2.31. The molecule has 4 nitrogen and oxygen atoms in total. The highest BCUT2D eigenvalue weighted by atomic mass is 15.1. The molecular weight excluding hydrogens is 260 g/mol. The van der Waals surface area contributed by atoms with Crippen LogP contribution < -0.4 is 5.73 Å². The molecule has 2 N–H and O–H groups in total. The van der Waals surface area contributed by atoms with E-state index in [2.05, 4.69) is 22.0 Å². The Hall–Kier alpha value is -2.80. The summed E-state index contributed by atoms with van der Waals surface area (Å²) in [4.78, 5) is 8.97. The number of imidazole rings is 1. The van der Waals surface area contributed by atoms with Gasteiger partial charge in [0.15, 0.2) is 0 Å². The second kappa shape index (κ2) is 5.29. The predicted molar refractivity (Wildman–Crippen MR) is 85.6 cm³/mol. The molecule has 4 heteroatoms. The van der Waals surface area contributed by atoms with E-state index in [0.29, 0.717) is 12.4 Å². The summed E-state index contributed by atoms with van der Waals surface area (Å²) in [5, 5.41) is 2.16. The van der Waals surface area contributed by atoms with Gasteiger partial charge in [-0.1, -0.05) is 37.1 Å². The second-order valence-corrected chi connectivity index (χ2v) is 4.81. The van der Waals surface area contributed by atoms with Crippen molar-refractivity contribution in [1.29, 1.82) is 0 Å². The van der Waals surface area contributed by atoms with Gasteiger partial charge in [0.05, 0.1) is 6.54 Å². The van der Waals surface area contributed by atoms with Gasteiger partial charge in [-0.25, -0.2) is 4.98 Å². The van der Waals surface area contributed by atoms with Crippen molar-refractivity contribution in [2.24, 2.45) is 0 Å². The zero-order valence-electron chi connectivity index (χ0n) is 11.9. The third-order valence-corrected chi connectivity index (χ3v) is 3.57. The quantitative estimate of drug-likeness (QED) is 0.748. The first kappa shape index (κ1) is 13.2. The van der Waals surface area contributed by atoms with Crippen LogP contribution in [-0.4, -0.2) is 14.5 Å². The molecule has 0 aliphatic heterocycles. The smallest absolute Gasteiger partial charge is 0.132 e. The van der Waals surface area contributed by atoms with E-state index >= 15 is 0 Å². The van der Waals surface area contributed by atoms with Crippen molar-refractivity contribution in [2.45, 2.75) is 19.9 Å². The Morgan fingerprint density at radius 2 is 2.10 bits per heavy atom. The molecular formula is C17H16N4. The number of terminal acetylenes is 1. The van der Waals surface area contributed by atoms with E-state index in [1.54, 1.807) is 6.20 Å². The fourth-order valence-corrected chi connectivity index (χ4v) is 2.55. The third kappa shape index (κ3) is 2.13. The molecule has 3 aromatic rings. The number of nitrogens with two attached hydrogens (primary N) is 1. The Balaban J connectivity index is 2.27. The van der Waals surface area contributed by atoms with E-state index in [0.717, 1.165) is 34.3 Å². The first-order chi connectivity index (χ1) is 10.3. The van der Waals surface area contributed by atoms with Gasteiger partial charge in [0, 0.05) is 29.8 Å². The number of hydrogen-bond acceptors (Lipinski definition) is 3. The van der Waals surface area contributed by atoms with Gasteiger partial charge >= 0.3 is 0 Å². The third-order valence-electron chi connectivity index (χ3n) is 3.57. The number of aromatic nitrogens is 3. The van der Waals surface area contributed by atoms with E-state index < -0.39 is 0 Å². The number of pyridine rings is 1. The van der Waals surface area contributed by atoms with Crippen molar-refractivity contribution in [2.75, 3.05) is 5.73 Å². The number of nitrogen functional groups attached to an aromatic ring is 1. The van der Waals surface area contributed by atoms with Crippen molar-refractivity contribution in [3.05, 3.63) is 42.5 Å². The van der Waals surface area contributed by atoms with Crippen LogP contribution in [0.15, 0.2) is 36.7 Å². The molecule has 3 rings (SSSR count). The monoisotopic (exact) mass is 276 g/mol. The summed E-state index contributed by atoms with van der Waals surface area (Å²) in [6.07, 6.45) is 9.85. The van der Waals surface area contributed by atoms with Crippen molar-refractivity contribution in [1.82, 2.24) is 14.5 Å². The maximum Gasteiger partial charge on any atom is 0.132 e. The Labute approximate surface area is 123 Å². The lowest BCUT2D eigenvalue weighted by Gasteiger charge is -2.06. The lowest BCUT2D eigenvalue weighted by Crippen LogP contribution is -2.05. The average molecular weight is 276 g/mol. The maximum absolute atomic E-state index is 6.27. The van der Waals surface area contributed by atoms with Crippen LogP contribution in [0.25, 0.3) is 22.0 Å². The molecule has 0 aliphatic rings. The Bertz CT molecular complexity index is 834. The number of aryl methyl sites for hydroxylation is 1. The molecule has 0 saturated heterocycles. The summed E-state index contributed by atoms with van der Waals surface area (Å²) in [7, 11) is 0. The Kier molecular flexibility index (Phi) is 3.33. The molecule has 0 unspecified atom stereocenters. The topological polar surface area (TPSA) is 56.7 Å². The van der Waals surface area contributed by atoms with Gasteiger partial charge in [-0.2, -0.15) is 0 Å². The number of rotatable bonds is 3. The van der Waals surface area contributed by atoms with Crippen LogP contribution in [0.2, 0.25) is 0 Å². The molecule has 0 spiro atoms. The highest BCUT2D eigenvalue weighted by molar-refractivity contribution is 5.96. The van der Waals surface area contributed by atoms with Gasteiger partial charge in [-0.15, -0.1) is 6.42 Å². The van der Waals surface area contributed by atoms with Gasteiger partial charge in [-0.05, 0) is 5.39 Å². The molecule has 0 fully saturated rings. The molecule has 0 bridgehead atoms. The summed E-state index contributed by atoms with van der Waals surface area (Å²) in [5.74, 6) is 4.13. The van der Waals surface area contributed by atoms with Gasteiger partial charge in [-0.3, -0.25) is 4.98 Å². The maximum atomic E-state index is 6.27. The van der Waals surface area contributed by atoms with E-state index in [4.69, 9.17) is 12.2 Å². The zero-order valence-corrected chi connectivity index (χ0v) is 11.9. The molecule has 1 aromatic carbocycles.